The second kappa shape index (κ2) is 6.22. The van der Waals surface area contributed by atoms with E-state index in [9.17, 15) is 0 Å². The van der Waals surface area contributed by atoms with Crippen LogP contribution in [0.5, 0.6) is 0 Å². The maximum Gasteiger partial charge on any atom is 0.132 e. The number of H-pyrrole nitrogens is 1. The zero-order valence-electron chi connectivity index (χ0n) is 14.8. The first-order valence-electron chi connectivity index (χ1n) is 9.31. The molecule has 3 unspecified atom stereocenters. The SMILES string of the molecule is CC1CC(c2ncc3[nH]ccc3n2)CC(c2ccc3ccccc3c2)N1. The number of nitrogens with one attached hydrogen (secondary N) is 2. The summed E-state index contributed by atoms with van der Waals surface area (Å²) >= 11 is 0. The maximum atomic E-state index is 4.80. The normalized spacial score (nSPS) is 23.5. The summed E-state index contributed by atoms with van der Waals surface area (Å²) in [6, 6.07) is 18.1. The maximum absolute atomic E-state index is 4.80. The number of aromatic amines is 1. The zero-order valence-corrected chi connectivity index (χ0v) is 14.8. The molecule has 0 amide bonds. The largest absolute Gasteiger partial charge is 0.359 e. The lowest BCUT2D eigenvalue weighted by atomic mass is 9.84. The van der Waals surface area contributed by atoms with Crippen molar-refractivity contribution in [2.24, 2.45) is 0 Å². The van der Waals surface area contributed by atoms with Gasteiger partial charge < -0.3 is 10.3 Å². The Kier molecular flexibility index (Phi) is 3.71. The van der Waals surface area contributed by atoms with Crippen LogP contribution in [0.25, 0.3) is 21.8 Å². The van der Waals surface area contributed by atoms with Crippen molar-refractivity contribution >= 4 is 21.8 Å². The third-order valence-corrected chi connectivity index (χ3v) is 5.50. The molecule has 1 saturated heterocycles. The van der Waals surface area contributed by atoms with Crippen molar-refractivity contribution in [2.75, 3.05) is 0 Å². The van der Waals surface area contributed by atoms with Gasteiger partial charge in [0.15, 0.2) is 0 Å². The molecule has 1 aliphatic heterocycles. The molecule has 0 saturated carbocycles. The molecule has 5 rings (SSSR count). The molecule has 4 heteroatoms. The Balaban J connectivity index is 1.47. The Hall–Kier alpha value is -2.72. The average Bonchev–Trinajstić information content (AvgIpc) is 3.15. The molecule has 0 radical (unpaired) electrons. The molecule has 1 fully saturated rings. The van der Waals surface area contributed by atoms with E-state index in [2.05, 4.69) is 64.7 Å². The monoisotopic (exact) mass is 342 g/mol. The highest BCUT2D eigenvalue weighted by Gasteiger charge is 2.29. The Morgan fingerprint density at radius 2 is 1.88 bits per heavy atom. The highest BCUT2D eigenvalue weighted by Crippen LogP contribution is 2.36. The minimum atomic E-state index is 0.332. The summed E-state index contributed by atoms with van der Waals surface area (Å²) in [6.45, 7) is 2.26. The molecule has 2 aromatic heterocycles. The fourth-order valence-electron chi connectivity index (χ4n) is 4.21. The first kappa shape index (κ1) is 15.5. The predicted octanol–water partition coefficient (Wildman–Crippen LogP) is 4.71. The summed E-state index contributed by atoms with van der Waals surface area (Å²) in [7, 11) is 0. The summed E-state index contributed by atoms with van der Waals surface area (Å²) in [4.78, 5) is 12.6. The molecule has 3 atom stereocenters. The molecule has 3 heterocycles. The molecule has 130 valence electrons. The average molecular weight is 342 g/mol. The lowest BCUT2D eigenvalue weighted by molar-refractivity contribution is 0.300. The summed E-state index contributed by atoms with van der Waals surface area (Å²) in [5, 5.41) is 6.35. The van der Waals surface area contributed by atoms with Crippen LogP contribution in [0.3, 0.4) is 0 Å². The fourth-order valence-corrected chi connectivity index (χ4v) is 4.21. The van der Waals surface area contributed by atoms with E-state index in [1.807, 2.05) is 18.5 Å². The molecule has 0 spiro atoms. The lowest BCUT2D eigenvalue weighted by Gasteiger charge is -2.34. The number of piperidine rings is 1. The van der Waals surface area contributed by atoms with Gasteiger partial charge in [-0.05, 0) is 48.2 Å². The summed E-state index contributed by atoms with van der Waals surface area (Å²) < 4.78 is 0. The van der Waals surface area contributed by atoms with Gasteiger partial charge in [-0.3, -0.25) is 0 Å². The van der Waals surface area contributed by atoms with E-state index in [0.29, 0.717) is 18.0 Å². The van der Waals surface area contributed by atoms with E-state index in [1.165, 1.54) is 16.3 Å². The molecular weight excluding hydrogens is 320 g/mol. The van der Waals surface area contributed by atoms with Crippen LogP contribution in [0.2, 0.25) is 0 Å². The van der Waals surface area contributed by atoms with Crippen LogP contribution < -0.4 is 5.32 Å². The molecule has 2 aromatic carbocycles. The van der Waals surface area contributed by atoms with Crippen molar-refractivity contribution in [1.82, 2.24) is 20.3 Å². The highest BCUT2D eigenvalue weighted by molar-refractivity contribution is 5.83. The highest BCUT2D eigenvalue weighted by atomic mass is 15.0. The summed E-state index contributed by atoms with van der Waals surface area (Å²) in [6.07, 6.45) is 5.93. The number of hydrogen-bond donors (Lipinski definition) is 2. The van der Waals surface area contributed by atoms with Crippen LogP contribution in [0, 0.1) is 0 Å². The van der Waals surface area contributed by atoms with Crippen LogP contribution in [0.4, 0.5) is 0 Å². The van der Waals surface area contributed by atoms with Gasteiger partial charge in [-0.1, -0.05) is 36.4 Å². The molecule has 2 N–H and O–H groups in total. The van der Waals surface area contributed by atoms with Gasteiger partial charge >= 0.3 is 0 Å². The van der Waals surface area contributed by atoms with E-state index in [1.54, 1.807) is 0 Å². The molecular formula is C22H22N4. The number of hydrogen-bond acceptors (Lipinski definition) is 3. The first-order valence-corrected chi connectivity index (χ1v) is 9.31. The third kappa shape index (κ3) is 2.76. The van der Waals surface area contributed by atoms with Crippen LogP contribution >= 0.6 is 0 Å². The van der Waals surface area contributed by atoms with Gasteiger partial charge in [-0.2, -0.15) is 0 Å². The van der Waals surface area contributed by atoms with Crippen LogP contribution in [0.15, 0.2) is 60.9 Å². The summed E-state index contributed by atoms with van der Waals surface area (Å²) in [5.41, 5.74) is 3.35. The number of nitrogens with zero attached hydrogens (tertiary/aromatic N) is 2. The second-order valence-electron chi connectivity index (χ2n) is 7.40. The van der Waals surface area contributed by atoms with Gasteiger partial charge in [0.05, 0.1) is 17.2 Å². The smallest absolute Gasteiger partial charge is 0.132 e. The lowest BCUT2D eigenvalue weighted by Crippen LogP contribution is -2.38. The Morgan fingerprint density at radius 3 is 2.81 bits per heavy atom. The number of benzene rings is 2. The quantitative estimate of drug-likeness (QED) is 0.555. The number of rotatable bonds is 2. The van der Waals surface area contributed by atoms with Crippen molar-refractivity contribution in [3.05, 3.63) is 72.3 Å². The van der Waals surface area contributed by atoms with Gasteiger partial charge in [0.25, 0.3) is 0 Å². The van der Waals surface area contributed by atoms with E-state index >= 15 is 0 Å². The minimum Gasteiger partial charge on any atom is -0.359 e. The van der Waals surface area contributed by atoms with E-state index in [0.717, 1.165) is 29.7 Å². The van der Waals surface area contributed by atoms with E-state index < -0.39 is 0 Å². The molecule has 26 heavy (non-hydrogen) atoms. The standard InChI is InChI=1S/C22H22N4/c1-14-10-18(22-24-13-21-19(26-22)8-9-23-21)12-20(25-14)17-7-6-15-4-2-3-5-16(15)11-17/h2-9,11,13-14,18,20,23,25H,10,12H2,1H3. The third-order valence-electron chi connectivity index (χ3n) is 5.50. The van der Waals surface area contributed by atoms with Crippen molar-refractivity contribution in [3.63, 3.8) is 0 Å². The Labute approximate surface area is 152 Å². The summed E-state index contributed by atoms with van der Waals surface area (Å²) in [5.74, 6) is 1.35. The van der Waals surface area contributed by atoms with Gasteiger partial charge in [-0.25, -0.2) is 9.97 Å². The van der Waals surface area contributed by atoms with E-state index in [-0.39, 0.29) is 0 Å². The van der Waals surface area contributed by atoms with Gasteiger partial charge in [0, 0.05) is 24.2 Å². The van der Waals surface area contributed by atoms with Crippen molar-refractivity contribution in [2.45, 2.75) is 37.8 Å². The van der Waals surface area contributed by atoms with Crippen molar-refractivity contribution < 1.29 is 0 Å². The van der Waals surface area contributed by atoms with E-state index in [4.69, 9.17) is 4.98 Å². The predicted molar refractivity (Wildman–Crippen MR) is 105 cm³/mol. The molecule has 4 nitrogen and oxygen atoms in total. The Morgan fingerprint density at radius 1 is 1.00 bits per heavy atom. The molecule has 0 aliphatic carbocycles. The molecule has 0 bridgehead atoms. The van der Waals surface area contributed by atoms with Gasteiger partial charge in [-0.15, -0.1) is 0 Å². The number of fused-ring (bicyclic) bond motifs is 2. The molecule has 4 aromatic rings. The van der Waals surface area contributed by atoms with Gasteiger partial charge in [0.1, 0.15) is 5.82 Å². The van der Waals surface area contributed by atoms with Gasteiger partial charge in [0.2, 0.25) is 0 Å². The topological polar surface area (TPSA) is 53.6 Å². The first-order chi connectivity index (χ1) is 12.8. The second-order valence-corrected chi connectivity index (χ2v) is 7.40. The minimum absolute atomic E-state index is 0.332. The zero-order chi connectivity index (χ0) is 17.5. The number of aromatic nitrogens is 3. The van der Waals surface area contributed by atoms with Crippen LogP contribution in [-0.2, 0) is 0 Å². The van der Waals surface area contributed by atoms with Crippen LogP contribution in [-0.4, -0.2) is 21.0 Å². The van der Waals surface area contributed by atoms with Crippen molar-refractivity contribution in [3.8, 4) is 0 Å². The van der Waals surface area contributed by atoms with Crippen molar-refractivity contribution in [1.29, 1.82) is 0 Å². The fraction of sp³-hybridized carbons (Fsp3) is 0.273. The molecule has 1 aliphatic rings. The van der Waals surface area contributed by atoms with Crippen LogP contribution in [0.1, 0.15) is 43.1 Å². The Bertz CT molecular complexity index is 1070.